The summed E-state index contributed by atoms with van der Waals surface area (Å²) >= 11 is 0. The van der Waals surface area contributed by atoms with E-state index in [2.05, 4.69) is 16.0 Å². The van der Waals surface area contributed by atoms with Gasteiger partial charge < -0.3 is 16.0 Å². The zero-order chi connectivity index (χ0) is 17.5. The molecule has 1 saturated heterocycles. The Kier molecular flexibility index (Phi) is 8.93. The molecule has 1 aliphatic rings. The monoisotopic (exact) mass is 367 g/mol. The number of hydrogen-bond donors (Lipinski definition) is 3. The molecule has 0 aromatic heterocycles. The molecule has 3 N–H and O–H groups in total. The molecule has 140 valence electrons. The van der Waals surface area contributed by atoms with Crippen molar-refractivity contribution in [3.63, 3.8) is 0 Å². The molecule has 6 heteroatoms. The molecular weight excluding hydrogens is 338 g/mol. The molecule has 2 amide bonds. The molecule has 0 radical (unpaired) electrons. The molecular formula is C19H30ClN3O2. The van der Waals surface area contributed by atoms with Crippen LogP contribution in [0.4, 0.5) is 5.69 Å². The number of rotatable bonds is 6. The van der Waals surface area contributed by atoms with Crippen molar-refractivity contribution in [2.24, 2.45) is 5.92 Å². The van der Waals surface area contributed by atoms with E-state index >= 15 is 0 Å². The quantitative estimate of drug-likeness (QED) is 0.722. The average molecular weight is 368 g/mol. The highest BCUT2D eigenvalue weighted by Gasteiger charge is 2.15. The highest BCUT2D eigenvalue weighted by Crippen LogP contribution is 2.19. The first-order chi connectivity index (χ1) is 11.5. The first-order valence-corrected chi connectivity index (χ1v) is 8.88. The van der Waals surface area contributed by atoms with Crippen LogP contribution in [0.3, 0.4) is 0 Å². The van der Waals surface area contributed by atoms with Gasteiger partial charge in [-0.3, -0.25) is 9.59 Å². The van der Waals surface area contributed by atoms with E-state index in [1.807, 2.05) is 32.9 Å². The standard InChI is InChI=1S/C19H29N3O2.ClH/c1-13(2)21-19(24)17-12-16(6-4-14(17)3)22-18(23)7-5-15-8-10-20-11-9-15;/h4,6,12-13,15,20H,5,7-11H2,1-3H3,(H,21,24)(H,22,23);1H. The Bertz CT molecular complexity index is 584. The lowest BCUT2D eigenvalue weighted by atomic mass is 9.93. The zero-order valence-electron chi connectivity index (χ0n) is 15.4. The van der Waals surface area contributed by atoms with Gasteiger partial charge in [-0.2, -0.15) is 0 Å². The number of aryl methyl sites for hydroxylation is 1. The summed E-state index contributed by atoms with van der Waals surface area (Å²) in [5.74, 6) is 0.559. The van der Waals surface area contributed by atoms with Crippen molar-refractivity contribution in [2.75, 3.05) is 18.4 Å². The van der Waals surface area contributed by atoms with E-state index in [-0.39, 0.29) is 30.3 Å². The predicted octanol–water partition coefficient (Wildman–Crippen LogP) is 3.27. The lowest BCUT2D eigenvalue weighted by Crippen LogP contribution is -2.30. The average Bonchev–Trinajstić information content (AvgIpc) is 2.55. The number of amides is 2. The van der Waals surface area contributed by atoms with Gasteiger partial charge in [-0.15, -0.1) is 12.4 Å². The first kappa shape index (κ1) is 21.5. The van der Waals surface area contributed by atoms with Gasteiger partial charge in [-0.25, -0.2) is 0 Å². The summed E-state index contributed by atoms with van der Waals surface area (Å²) in [6.45, 7) is 7.87. The number of halogens is 1. The van der Waals surface area contributed by atoms with Crippen LogP contribution >= 0.6 is 12.4 Å². The van der Waals surface area contributed by atoms with E-state index in [0.717, 1.165) is 37.9 Å². The SMILES string of the molecule is Cc1ccc(NC(=O)CCC2CCNCC2)cc1C(=O)NC(C)C.Cl. The lowest BCUT2D eigenvalue weighted by Gasteiger charge is -2.22. The van der Waals surface area contributed by atoms with Crippen LogP contribution in [-0.2, 0) is 4.79 Å². The minimum Gasteiger partial charge on any atom is -0.350 e. The molecule has 0 spiro atoms. The molecule has 1 aromatic rings. The molecule has 0 saturated carbocycles. The van der Waals surface area contributed by atoms with Gasteiger partial charge in [-0.05, 0) is 76.7 Å². The second kappa shape index (κ2) is 10.4. The maximum absolute atomic E-state index is 12.2. The van der Waals surface area contributed by atoms with Crippen molar-refractivity contribution in [1.29, 1.82) is 0 Å². The third-order valence-corrected chi connectivity index (χ3v) is 4.42. The summed E-state index contributed by atoms with van der Waals surface area (Å²) in [5.41, 5.74) is 2.20. The smallest absolute Gasteiger partial charge is 0.251 e. The summed E-state index contributed by atoms with van der Waals surface area (Å²) in [7, 11) is 0. The zero-order valence-corrected chi connectivity index (χ0v) is 16.2. The summed E-state index contributed by atoms with van der Waals surface area (Å²) in [6.07, 6.45) is 3.76. The highest BCUT2D eigenvalue weighted by molar-refractivity contribution is 5.98. The van der Waals surface area contributed by atoms with E-state index in [9.17, 15) is 9.59 Å². The number of anilines is 1. The van der Waals surface area contributed by atoms with Gasteiger partial charge in [0, 0.05) is 23.7 Å². The second-order valence-corrected chi connectivity index (χ2v) is 6.94. The van der Waals surface area contributed by atoms with Crippen molar-refractivity contribution < 1.29 is 9.59 Å². The molecule has 2 rings (SSSR count). The van der Waals surface area contributed by atoms with E-state index < -0.39 is 0 Å². The van der Waals surface area contributed by atoms with Crippen LogP contribution in [0.5, 0.6) is 0 Å². The van der Waals surface area contributed by atoms with Crippen molar-refractivity contribution in [3.8, 4) is 0 Å². The fourth-order valence-corrected chi connectivity index (χ4v) is 3.01. The van der Waals surface area contributed by atoms with Crippen LogP contribution in [-0.4, -0.2) is 30.9 Å². The van der Waals surface area contributed by atoms with Crippen LogP contribution in [0.25, 0.3) is 0 Å². The van der Waals surface area contributed by atoms with E-state index in [1.165, 1.54) is 0 Å². The molecule has 1 aromatic carbocycles. The molecule has 1 fully saturated rings. The minimum absolute atomic E-state index is 0. The van der Waals surface area contributed by atoms with Crippen molar-refractivity contribution in [3.05, 3.63) is 29.3 Å². The van der Waals surface area contributed by atoms with Crippen LogP contribution in [0.2, 0.25) is 0 Å². The lowest BCUT2D eigenvalue weighted by molar-refractivity contribution is -0.116. The largest absolute Gasteiger partial charge is 0.350 e. The van der Waals surface area contributed by atoms with Crippen LogP contribution in [0.1, 0.15) is 55.5 Å². The van der Waals surface area contributed by atoms with Crippen molar-refractivity contribution in [1.82, 2.24) is 10.6 Å². The maximum atomic E-state index is 12.2. The number of piperidine rings is 1. The van der Waals surface area contributed by atoms with Gasteiger partial charge in [0.1, 0.15) is 0 Å². The van der Waals surface area contributed by atoms with Gasteiger partial charge in [0.15, 0.2) is 0 Å². The van der Waals surface area contributed by atoms with Crippen molar-refractivity contribution >= 4 is 29.9 Å². The van der Waals surface area contributed by atoms with Crippen LogP contribution in [0.15, 0.2) is 18.2 Å². The van der Waals surface area contributed by atoms with E-state index in [0.29, 0.717) is 23.6 Å². The Hall–Kier alpha value is -1.59. The molecule has 0 unspecified atom stereocenters. The Labute approximate surface area is 156 Å². The molecule has 1 heterocycles. The minimum atomic E-state index is -0.103. The van der Waals surface area contributed by atoms with E-state index in [4.69, 9.17) is 0 Å². The van der Waals surface area contributed by atoms with Gasteiger partial charge in [0.05, 0.1) is 0 Å². The second-order valence-electron chi connectivity index (χ2n) is 6.94. The summed E-state index contributed by atoms with van der Waals surface area (Å²) in [4.78, 5) is 24.4. The summed E-state index contributed by atoms with van der Waals surface area (Å²) in [6, 6.07) is 5.57. The number of carbonyl (C=O) groups excluding carboxylic acids is 2. The summed E-state index contributed by atoms with van der Waals surface area (Å²) < 4.78 is 0. The Morgan fingerprint density at radius 1 is 1.24 bits per heavy atom. The highest BCUT2D eigenvalue weighted by atomic mass is 35.5. The number of nitrogens with one attached hydrogen (secondary N) is 3. The maximum Gasteiger partial charge on any atom is 0.251 e. The van der Waals surface area contributed by atoms with Gasteiger partial charge in [0.2, 0.25) is 5.91 Å². The Balaban J connectivity index is 0.00000312. The van der Waals surface area contributed by atoms with Crippen molar-refractivity contribution in [2.45, 2.75) is 52.5 Å². The Morgan fingerprint density at radius 2 is 1.92 bits per heavy atom. The molecule has 0 atom stereocenters. The summed E-state index contributed by atoms with van der Waals surface area (Å²) in [5, 5.41) is 9.15. The van der Waals surface area contributed by atoms with Gasteiger partial charge in [0.25, 0.3) is 5.91 Å². The topological polar surface area (TPSA) is 70.2 Å². The molecule has 25 heavy (non-hydrogen) atoms. The normalized spacial score (nSPS) is 14.7. The molecule has 5 nitrogen and oxygen atoms in total. The fourth-order valence-electron chi connectivity index (χ4n) is 3.01. The first-order valence-electron chi connectivity index (χ1n) is 8.88. The van der Waals surface area contributed by atoms with Crippen LogP contribution in [0, 0.1) is 12.8 Å². The number of carbonyl (C=O) groups is 2. The molecule has 0 aliphatic carbocycles. The fraction of sp³-hybridized carbons (Fsp3) is 0.579. The third-order valence-electron chi connectivity index (χ3n) is 4.42. The molecule has 0 bridgehead atoms. The van der Waals surface area contributed by atoms with Crippen LogP contribution < -0.4 is 16.0 Å². The van der Waals surface area contributed by atoms with E-state index in [1.54, 1.807) is 6.07 Å². The Morgan fingerprint density at radius 3 is 2.56 bits per heavy atom. The van der Waals surface area contributed by atoms with Gasteiger partial charge >= 0.3 is 0 Å². The number of hydrogen-bond acceptors (Lipinski definition) is 3. The predicted molar refractivity (Wildman–Crippen MR) is 104 cm³/mol. The third kappa shape index (κ3) is 7.04. The number of benzene rings is 1. The van der Waals surface area contributed by atoms with Gasteiger partial charge in [-0.1, -0.05) is 6.07 Å². The molecule has 1 aliphatic heterocycles.